The predicted octanol–water partition coefficient (Wildman–Crippen LogP) is 1.73. The van der Waals surface area contributed by atoms with Crippen LogP contribution < -0.4 is 9.47 Å². The van der Waals surface area contributed by atoms with Crippen molar-refractivity contribution in [3.05, 3.63) is 16.7 Å². The van der Waals surface area contributed by atoms with Crippen LogP contribution in [0.15, 0.2) is 0 Å². The molecule has 0 saturated carbocycles. The van der Waals surface area contributed by atoms with E-state index in [1.807, 2.05) is 0 Å². The molecule has 5 heteroatoms. The van der Waals surface area contributed by atoms with Gasteiger partial charge in [-0.15, -0.1) is 0 Å². The van der Waals surface area contributed by atoms with Gasteiger partial charge in [0.2, 0.25) is 0 Å². The van der Waals surface area contributed by atoms with Gasteiger partial charge < -0.3 is 19.7 Å². The van der Waals surface area contributed by atoms with Gasteiger partial charge in [-0.25, -0.2) is 0 Å². The summed E-state index contributed by atoms with van der Waals surface area (Å²) in [7, 11) is 2.90. The minimum Gasteiger partial charge on any atom is -0.507 e. The average Bonchev–Trinajstić information content (AvgIpc) is 2.36. The molecule has 0 aromatic heterocycles. The summed E-state index contributed by atoms with van der Waals surface area (Å²) in [4.78, 5) is 11.9. The number of carbonyl (C=O) groups is 1. The van der Waals surface area contributed by atoms with Crippen LogP contribution in [0.5, 0.6) is 17.2 Å². The first-order chi connectivity index (χ1) is 8.52. The van der Waals surface area contributed by atoms with E-state index >= 15 is 0 Å². The molecule has 98 valence electrons. The fourth-order valence-electron chi connectivity index (χ4n) is 2.41. The van der Waals surface area contributed by atoms with Crippen molar-refractivity contribution in [3.8, 4) is 17.2 Å². The molecule has 0 fully saturated rings. The van der Waals surface area contributed by atoms with Crippen molar-refractivity contribution in [2.24, 2.45) is 0 Å². The maximum Gasteiger partial charge on any atom is 0.167 e. The lowest BCUT2D eigenvalue weighted by atomic mass is 9.85. The second-order valence-corrected chi connectivity index (χ2v) is 4.31. The average molecular weight is 252 g/mol. The maximum atomic E-state index is 11.9. The van der Waals surface area contributed by atoms with Crippen LogP contribution >= 0.6 is 0 Å². The molecule has 5 nitrogen and oxygen atoms in total. The number of ketones is 1. The van der Waals surface area contributed by atoms with Crippen molar-refractivity contribution in [2.45, 2.75) is 25.9 Å². The third-order valence-corrected chi connectivity index (χ3v) is 3.32. The van der Waals surface area contributed by atoms with Crippen LogP contribution in [0, 0.1) is 6.92 Å². The largest absolute Gasteiger partial charge is 0.507 e. The number of ether oxygens (including phenoxy) is 2. The number of carbonyl (C=O) groups excluding carboxylic acids is 1. The second-order valence-electron chi connectivity index (χ2n) is 4.31. The Morgan fingerprint density at radius 3 is 2.39 bits per heavy atom. The van der Waals surface area contributed by atoms with Crippen molar-refractivity contribution in [1.82, 2.24) is 0 Å². The number of phenolic OH excluding ortho intramolecular Hbond substituents is 1. The zero-order valence-electron chi connectivity index (χ0n) is 10.6. The summed E-state index contributed by atoms with van der Waals surface area (Å²) in [5, 5.41) is 20.1. The molecule has 0 aliphatic heterocycles. The Morgan fingerprint density at radius 2 is 1.83 bits per heavy atom. The van der Waals surface area contributed by atoms with Gasteiger partial charge in [-0.05, 0) is 13.3 Å². The molecule has 18 heavy (non-hydrogen) atoms. The molecule has 1 unspecified atom stereocenters. The minimum atomic E-state index is -0.826. The Labute approximate surface area is 105 Å². The molecule has 0 heterocycles. The number of methoxy groups -OCH3 is 2. The summed E-state index contributed by atoms with van der Waals surface area (Å²) >= 11 is 0. The van der Waals surface area contributed by atoms with Crippen LogP contribution in [0.4, 0.5) is 0 Å². The summed E-state index contributed by atoms with van der Waals surface area (Å²) < 4.78 is 10.4. The van der Waals surface area contributed by atoms with E-state index in [9.17, 15) is 15.0 Å². The van der Waals surface area contributed by atoms with Gasteiger partial charge in [-0.2, -0.15) is 0 Å². The van der Waals surface area contributed by atoms with Crippen LogP contribution in [-0.2, 0) is 0 Å². The Hall–Kier alpha value is -1.75. The third-order valence-electron chi connectivity index (χ3n) is 3.32. The molecule has 0 radical (unpaired) electrons. The Kier molecular flexibility index (Phi) is 3.17. The highest BCUT2D eigenvalue weighted by Gasteiger charge is 2.34. The molecule has 0 bridgehead atoms. The number of phenols is 1. The lowest BCUT2D eigenvalue weighted by Gasteiger charge is -2.26. The zero-order chi connectivity index (χ0) is 13.4. The van der Waals surface area contributed by atoms with Crippen molar-refractivity contribution in [2.75, 3.05) is 14.2 Å². The number of fused-ring (bicyclic) bond motifs is 1. The summed E-state index contributed by atoms with van der Waals surface area (Å²) in [6.45, 7) is 1.64. The third kappa shape index (κ3) is 1.62. The normalized spacial score (nSPS) is 18.4. The van der Waals surface area contributed by atoms with E-state index in [1.165, 1.54) is 14.2 Å². The molecule has 0 saturated heterocycles. The Morgan fingerprint density at radius 1 is 1.22 bits per heavy atom. The lowest BCUT2D eigenvalue weighted by molar-refractivity contribution is 0.0885. The fraction of sp³-hybridized carbons (Fsp3) is 0.462. The van der Waals surface area contributed by atoms with E-state index in [-0.39, 0.29) is 23.5 Å². The number of Topliss-reactive ketones (excluding diaryl/α,β-unsaturated/α-hetero) is 1. The van der Waals surface area contributed by atoms with Gasteiger partial charge >= 0.3 is 0 Å². The SMILES string of the molecule is COc1c(C)c(O)c2c(c1OC)C(O)CCC2=O. The van der Waals surface area contributed by atoms with E-state index in [2.05, 4.69) is 0 Å². The van der Waals surface area contributed by atoms with E-state index in [0.29, 0.717) is 29.0 Å². The molecule has 1 aromatic carbocycles. The molecule has 0 spiro atoms. The van der Waals surface area contributed by atoms with E-state index < -0.39 is 6.10 Å². The summed E-state index contributed by atoms with van der Waals surface area (Å²) in [5.41, 5.74) is 0.924. The van der Waals surface area contributed by atoms with Crippen LogP contribution in [0.2, 0.25) is 0 Å². The summed E-state index contributed by atoms with van der Waals surface area (Å²) in [6.07, 6.45) is -0.280. The van der Waals surface area contributed by atoms with Gasteiger partial charge in [0, 0.05) is 17.5 Å². The highest BCUT2D eigenvalue weighted by molar-refractivity contribution is 6.03. The van der Waals surface area contributed by atoms with Gasteiger partial charge in [0.15, 0.2) is 17.3 Å². The maximum absolute atomic E-state index is 11.9. The van der Waals surface area contributed by atoms with Gasteiger partial charge in [0.25, 0.3) is 0 Å². The Balaban J connectivity index is 2.84. The van der Waals surface area contributed by atoms with Gasteiger partial charge in [-0.1, -0.05) is 0 Å². The van der Waals surface area contributed by atoms with Crippen molar-refractivity contribution in [3.63, 3.8) is 0 Å². The first-order valence-electron chi connectivity index (χ1n) is 5.71. The molecule has 1 atom stereocenters. The number of aliphatic hydroxyl groups is 1. The number of aliphatic hydroxyl groups excluding tert-OH is 1. The molecule has 1 aromatic rings. The van der Waals surface area contributed by atoms with E-state index in [4.69, 9.17) is 9.47 Å². The molecule has 2 N–H and O–H groups in total. The number of aromatic hydroxyl groups is 1. The number of benzene rings is 1. The first-order valence-corrected chi connectivity index (χ1v) is 5.71. The Bertz CT molecular complexity index is 507. The van der Waals surface area contributed by atoms with Gasteiger partial charge in [-0.3, -0.25) is 4.79 Å². The van der Waals surface area contributed by atoms with Crippen LogP contribution in [0.25, 0.3) is 0 Å². The van der Waals surface area contributed by atoms with Crippen LogP contribution in [-0.4, -0.2) is 30.2 Å². The topological polar surface area (TPSA) is 76.0 Å². The quantitative estimate of drug-likeness (QED) is 0.838. The molecule has 2 rings (SSSR count). The molecule has 0 amide bonds. The second kappa shape index (κ2) is 4.49. The highest BCUT2D eigenvalue weighted by atomic mass is 16.5. The van der Waals surface area contributed by atoms with Crippen molar-refractivity contribution >= 4 is 5.78 Å². The van der Waals surface area contributed by atoms with E-state index in [0.717, 1.165) is 0 Å². The zero-order valence-corrected chi connectivity index (χ0v) is 10.6. The minimum absolute atomic E-state index is 0.133. The van der Waals surface area contributed by atoms with Gasteiger partial charge in [0.05, 0.1) is 25.9 Å². The predicted molar refractivity (Wildman–Crippen MR) is 64.5 cm³/mol. The molecular formula is C13H16O5. The number of hydrogen-bond acceptors (Lipinski definition) is 5. The van der Waals surface area contributed by atoms with Crippen LogP contribution in [0.3, 0.4) is 0 Å². The smallest absolute Gasteiger partial charge is 0.167 e. The summed E-state index contributed by atoms with van der Waals surface area (Å²) in [6, 6.07) is 0. The van der Waals surface area contributed by atoms with Crippen molar-refractivity contribution in [1.29, 1.82) is 0 Å². The number of hydrogen-bond donors (Lipinski definition) is 2. The fourth-order valence-corrected chi connectivity index (χ4v) is 2.41. The molecule has 1 aliphatic carbocycles. The van der Waals surface area contributed by atoms with Crippen molar-refractivity contribution < 1.29 is 24.5 Å². The van der Waals surface area contributed by atoms with Crippen LogP contribution in [0.1, 0.15) is 40.4 Å². The first kappa shape index (κ1) is 12.7. The highest BCUT2D eigenvalue weighted by Crippen LogP contribution is 2.48. The van der Waals surface area contributed by atoms with E-state index in [1.54, 1.807) is 6.92 Å². The molecular weight excluding hydrogens is 236 g/mol. The summed E-state index contributed by atoms with van der Waals surface area (Å²) in [5.74, 6) is 0.356. The lowest BCUT2D eigenvalue weighted by Crippen LogP contribution is -2.18. The molecule has 1 aliphatic rings. The number of rotatable bonds is 2. The monoisotopic (exact) mass is 252 g/mol. The van der Waals surface area contributed by atoms with Gasteiger partial charge in [0.1, 0.15) is 5.75 Å². The standard InChI is InChI=1S/C13H16O5/c1-6-11(16)9-7(14)4-5-8(15)10(9)13(18-3)12(6)17-2/h8,15-16H,4-5H2,1-3H3.